The second kappa shape index (κ2) is 5.65. The summed E-state index contributed by atoms with van der Waals surface area (Å²) in [6.07, 6.45) is 7.39. The van der Waals surface area contributed by atoms with Crippen molar-refractivity contribution in [3.8, 4) is 5.75 Å². The van der Waals surface area contributed by atoms with Crippen LogP contribution in [0.2, 0.25) is 0 Å². The fourth-order valence-corrected chi connectivity index (χ4v) is 5.66. The molecule has 0 bridgehead atoms. The molecule has 0 aliphatic heterocycles. The summed E-state index contributed by atoms with van der Waals surface area (Å²) in [6.45, 7) is 9.23. The minimum absolute atomic E-state index is 0.361. The topological polar surface area (TPSA) is 20.2 Å². The lowest BCUT2D eigenvalue weighted by molar-refractivity contribution is 0.194. The summed E-state index contributed by atoms with van der Waals surface area (Å²) in [4.78, 5) is 0. The van der Waals surface area contributed by atoms with Crippen molar-refractivity contribution in [2.24, 2.45) is 11.3 Å². The van der Waals surface area contributed by atoms with Gasteiger partial charge in [0, 0.05) is 0 Å². The highest BCUT2D eigenvalue weighted by molar-refractivity contribution is 5.88. The second-order valence-corrected chi connectivity index (χ2v) is 8.14. The first-order chi connectivity index (χ1) is 11.5. The molecule has 1 unspecified atom stereocenters. The number of aryl methyl sites for hydroxylation is 1. The lowest BCUT2D eigenvalue weighted by atomic mass is 9.61. The Kier molecular flexibility index (Phi) is 3.71. The molecule has 0 radical (unpaired) electrons. The van der Waals surface area contributed by atoms with Crippen molar-refractivity contribution in [1.82, 2.24) is 0 Å². The summed E-state index contributed by atoms with van der Waals surface area (Å²) in [5.41, 5.74) is 4.95. The standard InChI is InChI=1S/C23H28O/c1-4-5-15(2)21-10-11-22-20-8-6-16-14-17(24)7-9-18(16)19(20)12-13-23(21,22)3/h6-9,14,21-22,24H,2,4-5,10-13H2,1,3H3/t21-,22?,23-/m1/s1. The van der Waals surface area contributed by atoms with Crippen molar-refractivity contribution in [2.75, 3.05) is 0 Å². The molecule has 2 aliphatic rings. The number of rotatable bonds is 3. The third kappa shape index (κ3) is 2.21. The van der Waals surface area contributed by atoms with E-state index in [9.17, 15) is 5.11 Å². The lowest BCUT2D eigenvalue weighted by Gasteiger charge is -2.43. The molecule has 1 heteroatoms. The Bertz CT molecular complexity index is 803. The summed E-state index contributed by atoms with van der Waals surface area (Å²) < 4.78 is 0. The molecule has 1 fully saturated rings. The summed E-state index contributed by atoms with van der Waals surface area (Å²) >= 11 is 0. The van der Waals surface area contributed by atoms with Crippen molar-refractivity contribution in [2.45, 2.75) is 58.3 Å². The number of hydrogen-bond donors (Lipinski definition) is 1. The van der Waals surface area contributed by atoms with Crippen molar-refractivity contribution >= 4 is 10.8 Å². The molecule has 24 heavy (non-hydrogen) atoms. The number of fused-ring (bicyclic) bond motifs is 5. The molecule has 0 heterocycles. The van der Waals surface area contributed by atoms with Crippen LogP contribution in [0.15, 0.2) is 42.5 Å². The maximum absolute atomic E-state index is 9.76. The molecular weight excluding hydrogens is 292 g/mol. The lowest BCUT2D eigenvalue weighted by Crippen LogP contribution is -2.33. The molecule has 0 saturated heterocycles. The van der Waals surface area contributed by atoms with Crippen molar-refractivity contribution < 1.29 is 5.11 Å². The van der Waals surface area contributed by atoms with Gasteiger partial charge in [-0.3, -0.25) is 0 Å². The molecule has 1 nitrogen and oxygen atoms in total. The van der Waals surface area contributed by atoms with Gasteiger partial charge >= 0.3 is 0 Å². The van der Waals surface area contributed by atoms with Gasteiger partial charge in [-0.1, -0.05) is 50.6 Å². The minimum Gasteiger partial charge on any atom is -0.508 e. The SMILES string of the molecule is C=C(CCC)[C@H]1CCC2c3ccc4cc(O)ccc4c3CC[C@@]21C. The quantitative estimate of drug-likeness (QED) is 0.653. The Labute approximate surface area is 145 Å². The van der Waals surface area contributed by atoms with E-state index in [1.807, 2.05) is 12.1 Å². The fourth-order valence-electron chi connectivity index (χ4n) is 5.66. The number of allylic oxidation sites excluding steroid dienone is 1. The van der Waals surface area contributed by atoms with Crippen LogP contribution in [0.1, 0.15) is 63.0 Å². The Morgan fingerprint density at radius 1 is 1.25 bits per heavy atom. The van der Waals surface area contributed by atoms with Crippen LogP contribution in [-0.2, 0) is 6.42 Å². The van der Waals surface area contributed by atoms with Crippen molar-refractivity contribution in [3.63, 3.8) is 0 Å². The predicted octanol–water partition coefficient (Wildman–Crippen LogP) is 6.35. The molecule has 2 aromatic rings. The number of aromatic hydroxyl groups is 1. The van der Waals surface area contributed by atoms with E-state index >= 15 is 0 Å². The van der Waals surface area contributed by atoms with Crippen molar-refractivity contribution in [1.29, 1.82) is 0 Å². The number of phenols is 1. The summed E-state index contributed by atoms with van der Waals surface area (Å²) in [7, 11) is 0. The Morgan fingerprint density at radius 3 is 2.88 bits per heavy atom. The van der Waals surface area contributed by atoms with Crippen molar-refractivity contribution in [3.05, 3.63) is 53.6 Å². The van der Waals surface area contributed by atoms with E-state index in [0.717, 1.165) is 6.42 Å². The monoisotopic (exact) mass is 320 g/mol. The third-order valence-corrected chi connectivity index (χ3v) is 6.84. The van der Waals surface area contributed by atoms with Gasteiger partial charge in [-0.15, -0.1) is 0 Å². The first-order valence-corrected chi connectivity index (χ1v) is 9.46. The van der Waals surface area contributed by atoms with Gasteiger partial charge in [0.25, 0.3) is 0 Å². The third-order valence-electron chi connectivity index (χ3n) is 6.84. The largest absolute Gasteiger partial charge is 0.508 e. The van der Waals surface area contributed by atoms with Crippen LogP contribution in [0.3, 0.4) is 0 Å². The molecule has 2 aliphatic carbocycles. The Hall–Kier alpha value is -1.76. The summed E-state index contributed by atoms with van der Waals surface area (Å²) in [6, 6.07) is 10.4. The second-order valence-electron chi connectivity index (χ2n) is 8.14. The predicted molar refractivity (Wildman–Crippen MR) is 102 cm³/mol. The fraction of sp³-hybridized carbons (Fsp3) is 0.478. The molecule has 4 rings (SSSR count). The summed E-state index contributed by atoms with van der Waals surface area (Å²) in [5.74, 6) is 1.71. The number of hydrogen-bond acceptors (Lipinski definition) is 1. The van der Waals surface area contributed by atoms with Crippen LogP contribution in [0.5, 0.6) is 5.75 Å². The highest BCUT2D eigenvalue weighted by atomic mass is 16.3. The first-order valence-electron chi connectivity index (χ1n) is 9.46. The van der Waals surface area contributed by atoms with E-state index in [-0.39, 0.29) is 0 Å². The Morgan fingerprint density at radius 2 is 2.08 bits per heavy atom. The normalized spacial score (nSPS) is 28.6. The van der Waals surface area contributed by atoms with Gasteiger partial charge in [0.05, 0.1) is 0 Å². The van der Waals surface area contributed by atoms with Crippen LogP contribution in [0.25, 0.3) is 10.8 Å². The van der Waals surface area contributed by atoms with Gasteiger partial charge in [0.2, 0.25) is 0 Å². The molecule has 0 aromatic heterocycles. The first kappa shape index (κ1) is 15.7. The highest BCUT2D eigenvalue weighted by Gasteiger charge is 2.50. The van der Waals surface area contributed by atoms with E-state index in [1.54, 1.807) is 5.56 Å². The zero-order valence-electron chi connectivity index (χ0n) is 14.9. The van der Waals surface area contributed by atoms with Gasteiger partial charge in [-0.25, -0.2) is 0 Å². The van der Waals surface area contributed by atoms with Crippen LogP contribution in [0.4, 0.5) is 0 Å². The van der Waals surface area contributed by atoms with Gasteiger partial charge in [0.1, 0.15) is 5.75 Å². The molecule has 0 spiro atoms. The van der Waals surface area contributed by atoms with Gasteiger partial charge in [-0.05, 0) is 83.4 Å². The smallest absolute Gasteiger partial charge is 0.116 e. The average molecular weight is 320 g/mol. The number of phenolic OH excluding ortho intramolecular Hbond substituents is 1. The van der Waals surface area contributed by atoms with E-state index in [4.69, 9.17) is 0 Å². The maximum atomic E-state index is 9.76. The van der Waals surface area contributed by atoms with E-state index in [2.05, 4.69) is 38.6 Å². The van der Waals surface area contributed by atoms with E-state index < -0.39 is 0 Å². The molecule has 126 valence electrons. The van der Waals surface area contributed by atoms with E-state index in [1.165, 1.54) is 54.0 Å². The van der Waals surface area contributed by atoms with Crippen LogP contribution >= 0.6 is 0 Å². The average Bonchev–Trinajstić information content (AvgIpc) is 2.92. The van der Waals surface area contributed by atoms with Crippen LogP contribution in [-0.4, -0.2) is 5.11 Å². The van der Waals surface area contributed by atoms with Crippen LogP contribution < -0.4 is 0 Å². The molecular formula is C23H28O. The zero-order chi connectivity index (χ0) is 16.9. The molecule has 1 saturated carbocycles. The number of benzene rings is 2. The van der Waals surface area contributed by atoms with Gasteiger partial charge in [-0.2, -0.15) is 0 Å². The molecule has 0 amide bonds. The maximum Gasteiger partial charge on any atom is 0.116 e. The molecule has 2 aromatic carbocycles. The molecule has 3 atom stereocenters. The molecule has 1 N–H and O–H groups in total. The van der Waals surface area contributed by atoms with Gasteiger partial charge in [0.15, 0.2) is 0 Å². The Balaban J connectivity index is 1.77. The highest BCUT2D eigenvalue weighted by Crippen LogP contribution is 2.61. The van der Waals surface area contributed by atoms with E-state index in [0.29, 0.717) is 23.0 Å². The minimum atomic E-state index is 0.361. The zero-order valence-corrected chi connectivity index (χ0v) is 14.9. The van der Waals surface area contributed by atoms with Gasteiger partial charge < -0.3 is 5.11 Å². The van der Waals surface area contributed by atoms with Crippen LogP contribution in [0, 0.1) is 11.3 Å². The summed E-state index contributed by atoms with van der Waals surface area (Å²) in [5, 5.41) is 12.3.